The van der Waals surface area contributed by atoms with Gasteiger partial charge in [0.15, 0.2) is 0 Å². The molecule has 0 bridgehead atoms. The zero-order valence-corrected chi connectivity index (χ0v) is 13.2. The van der Waals surface area contributed by atoms with Crippen molar-refractivity contribution in [3.63, 3.8) is 0 Å². The van der Waals surface area contributed by atoms with Gasteiger partial charge >= 0.3 is 0 Å². The number of nitrogens with zero attached hydrogens (tertiary/aromatic N) is 1. The Kier molecular flexibility index (Phi) is 5.63. The summed E-state index contributed by atoms with van der Waals surface area (Å²) in [6, 6.07) is 13.9. The Bertz CT molecular complexity index is 669. The summed E-state index contributed by atoms with van der Waals surface area (Å²) in [6.45, 7) is 1.60. The highest BCUT2D eigenvalue weighted by Crippen LogP contribution is 2.13. The van der Waals surface area contributed by atoms with Crippen LogP contribution in [-0.2, 0) is 4.79 Å². The van der Waals surface area contributed by atoms with Gasteiger partial charge in [0.05, 0.1) is 11.4 Å². The van der Waals surface area contributed by atoms with Gasteiger partial charge in [-0.15, -0.1) is 0 Å². The topological polar surface area (TPSA) is 65.5 Å². The first-order valence-corrected chi connectivity index (χ1v) is 7.18. The van der Waals surface area contributed by atoms with Crippen molar-refractivity contribution in [2.45, 2.75) is 6.92 Å². The molecule has 0 atom stereocenters. The van der Waals surface area contributed by atoms with Gasteiger partial charge in [0.1, 0.15) is 5.71 Å². The summed E-state index contributed by atoms with van der Waals surface area (Å²) in [4.78, 5) is 11.9. The maximum Gasteiger partial charge on any atom is 0.285 e. The van der Waals surface area contributed by atoms with Crippen LogP contribution < -0.4 is 16.3 Å². The van der Waals surface area contributed by atoms with Crippen molar-refractivity contribution in [3.05, 3.63) is 58.6 Å². The van der Waals surface area contributed by atoms with E-state index in [-0.39, 0.29) is 11.6 Å². The third kappa shape index (κ3) is 4.95. The van der Waals surface area contributed by atoms with E-state index in [0.717, 1.165) is 11.4 Å². The lowest BCUT2D eigenvalue weighted by Crippen LogP contribution is -2.34. The van der Waals surface area contributed by atoms with Crippen molar-refractivity contribution < 1.29 is 4.79 Å². The fourth-order valence-electron chi connectivity index (χ4n) is 1.48. The fraction of sp³-hybridized carbons (Fsp3) is 0.0667. The van der Waals surface area contributed by atoms with Gasteiger partial charge in [-0.05, 0) is 55.5 Å². The molecule has 114 valence electrons. The molecule has 0 aliphatic heterocycles. The largest absolute Gasteiger partial charge is 0.298 e. The fourth-order valence-corrected chi connectivity index (χ4v) is 1.73. The molecule has 0 aliphatic rings. The Morgan fingerprint density at radius 1 is 0.909 bits per heavy atom. The Balaban J connectivity index is 1.87. The Morgan fingerprint density at radius 3 is 1.95 bits per heavy atom. The number of carbonyl (C=O) groups excluding carboxylic acids is 1. The second-order valence-corrected chi connectivity index (χ2v) is 5.27. The van der Waals surface area contributed by atoms with E-state index in [4.69, 9.17) is 23.2 Å². The highest BCUT2D eigenvalue weighted by molar-refractivity contribution is 6.38. The third-order valence-corrected chi connectivity index (χ3v) is 3.19. The normalized spacial score (nSPS) is 11.0. The van der Waals surface area contributed by atoms with Crippen LogP contribution in [0.1, 0.15) is 6.92 Å². The van der Waals surface area contributed by atoms with E-state index in [1.54, 1.807) is 55.5 Å². The first-order valence-electron chi connectivity index (χ1n) is 6.42. The standard InChI is InChI=1S/C15H14Cl2N4O/c1-10(18-19-13-6-2-11(16)3-7-13)15(22)21-20-14-8-4-12(17)5-9-14/h2-9,19-20H,1H3,(H,21,22)/b18-10+. The lowest BCUT2D eigenvalue weighted by atomic mass is 10.3. The van der Waals surface area contributed by atoms with Gasteiger partial charge in [0.2, 0.25) is 0 Å². The number of amides is 1. The summed E-state index contributed by atoms with van der Waals surface area (Å²) in [5.74, 6) is -0.351. The van der Waals surface area contributed by atoms with Crippen molar-refractivity contribution in [1.82, 2.24) is 5.43 Å². The molecule has 3 N–H and O–H groups in total. The predicted molar refractivity (Wildman–Crippen MR) is 91.4 cm³/mol. The van der Waals surface area contributed by atoms with Gasteiger partial charge in [0, 0.05) is 10.0 Å². The maximum absolute atomic E-state index is 11.9. The number of rotatable bonds is 5. The molecule has 0 fully saturated rings. The molecule has 5 nitrogen and oxygen atoms in total. The molecule has 0 aromatic heterocycles. The van der Waals surface area contributed by atoms with Crippen molar-refractivity contribution in [2.75, 3.05) is 10.9 Å². The van der Waals surface area contributed by atoms with E-state index in [2.05, 4.69) is 21.4 Å². The van der Waals surface area contributed by atoms with Crippen molar-refractivity contribution in [1.29, 1.82) is 0 Å². The first-order chi connectivity index (χ1) is 10.5. The summed E-state index contributed by atoms with van der Waals surface area (Å²) in [6.07, 6.45) is 0. The summed E-state index contributed by atoms with van der Waals surface area (Å²) in [5.41, 5.74) is 9.83. The highest BCUT2D eigenvalue weighted by Gasteiger charge is 2.05. The van der Waals surface area contributed by atoms with Crippen molar-refractivity contribution >= 4 is 46.2 Å². The average molecular weight is 337 g/mol. The second-order valence-electron chi connectivity index (χ2n) is 4.40. The summed E-state index contributed by atoms with van der Waals surface area (Å²) in [7, 11) is 0. The van der Waals surface area contributed by atoms with E-state index >= 15 is 0 Å². The molecule has 0 spiro atoms. The molecule has 2 rings (SSSR count). The molecule has 2 aromatic carbocycles. The summed E-state index contributed by atoms with van der Waals surface area (Å²) in [5, 5.41) is 5.26. The molecular formula is C15H14Cl2N4O. The number of carbonyl (C=O) groups is 1. The number of hydrazine groups is 1. The summed E-state index contributed by atoms with van der Waals surface area (Å²) < 4.78 is 0. The van der Waals surface area contributed by atoms with E-state index in [1.807, 2.05) is 0 Å². The molecule has 7 heteroatoms. The van der Waals surface area contributed by atoms with Crippen LogP contribution in [0, 0.1) is 0 Å². The van der Waals surface area contributed by atoms with Crippen LogP contribution in [0.3, 0.4) is 0 Å². The number of hydrogen-bond donors (Lipinski definition) is 3. The van der Waals surface area contributed by atoms with Crippen LogP contribution in [0.2, 0.25) is 10.0 Å². The molecule has 0 unspecified atom stereocenters. The zero-order valence-electron chi connectivity index (χ0n) is 11.7. The van der Waals surface area contributed by atoms with Crippen molar-refractivity contribution in [2.24, 2.45) is 5.10 Å². The van der Waals surface area contributed by atoms with Gasteiger partial charge in [-0.25, -0.2) is 0 Å². The number of anilines is 2. The van der Waals surface area contributed by atoms with Crippen molar-refractivity contribution in [3.8, 4) is 0 Å². The van der Waals surface area contributed by atoms with Crippen LogP contribution in [-0.4, -0.2) is 11.6 Å². The SMILES string of the molecule is C/C(=N\Nc1ccc(Cl)cc1)C(=O)NNc1ccc(Cl)cc1. The quantitative estimate of drug-likeness (QED) is 0.572. The monoisotopic (exact) mass is 336 g/mol. The van der Waals surface area contributed by atoms with E-state index in [9.17, 15) is 4.79 Å². The number of hydrogen-bond acceptors (Lipinski definition) is 4. The Hall–Kier alpha value is -2.24. The maximum atomic E-state index is 11.9. The third-order valence-electron chi connectivity index (χ3n) is 2.69. The molecule has 22 heavy (non-hydrogen) atoms. The van der Waals surface area contributed by atoms with Gasteiger partial charge in [-0.3, -0.25) is 21.1 Å². The highest BCUT2D eigenvalue weighted by atomic mass is 35.5. The Labute approximate surface area is 138 Å². The minimum Gasteiger partial charge on any atom is -0.298 e. The molecule has 0 saturated carbocycles. The first kappa shape index (κ1) is 16.1. The zero-order chi connectivity index (χ0) is 15.9. The number of benzene rings is 2. The number of nitrogens with one attached hydrogen (secondary N) is 3. The van der Waals surface area contributed by atoms with Gasteiger partial charge < -0.3 is 0 Å². The van der Waals surface area contributed by atoms with Crippen LogP contribution in [0.15, 0.2) is 53.6 Å². The van der Waals surface area contributed by atoms with E-state index in [0.29, 0.717) is 10.0 Å². The van der Waals surface area contributed by atoms with Gasteiger partial charge in [-0.1, -0.05) is 23.2 Å². The Morgan fingerprint density at radius 2 is 1.41 bits per heavy atom. The van der Waals surface area contributed by atoms with Crippen LogP contribution in [0.5, 0.6) is 0 Å². The molecule has 0 saturated heterocycles. The van der Waals surface area contributed by atoms with Gasteiger partial charge in [-0.2, -0.15) is 5.10 Å². The molecule has 0 radical (unpaired) electrons. The van der Waals surface area contributed by atoms with E-state index in [1.165, 1.54) is 0 Å². The van der Waals surface area contributed by atoms with Gasteiger partial charge in [0.25, 0.3) is 5.91 Å². The predicted octanol–water partition coefficient (Wildman–Crippen LogP) is 3.92. The molecule has 0 aliphatic carbocycles. The lowest BCUT2D eigenvalue weighted by molar-refractivity contribution is -0.114. The van der Waals surface area contributed by atoms with Crippen LogP contribution in [0.25, 0.3) is 0 Å². The van der Waals surface area contributed by atoms with Crippen LogP contribution in [0.4, 0.5) is 11.4 Å². The van der Waals surface area contributed by atoms with Crippen LogP contribution >= 0.6 is 23.2 Å². The molecule has 0 heterocycles. The lowest BCUT2D eigenvalue weighted by Gasteiger charge is -2.08. The number of halogens is 2. The number of hydrazone groups is 1. The smallest absolute Gasteiger partial charge is 0.285 e. The molecule has 1 amide bonds. The minimum absolute atomic E-state index is 0.274. The molecular weight excluding hydrogens is 323 g/mol. The van der Waals surface area contributed by atoms with E-state index < -0.39 is 0 Å². The summed E-state index contributed by atoms with van der Waals surface area (Å²) >= 11 is 11.6. The molecule has 2 aromatic rings. The minimum atomic E-state index is -0.351. The average Bonchev–Trinajstić information content (AvgIpc) is 2.53. The second kappa shape index (κ2) is 7.68.